The van der Waals surface area contributed by atoms with E-state index in [0.717, 1.165) is 82.7 Å². The number of nitrogens with zero attached hydrogens (tertiary/aromatic N) is 12. The fourth-order valence-electron chi connectivity index (χ4n) is 11.4. The molecule has 384 valence electrons. The number of aromatic nitrogens is 8. The van der Waals surface area contributed by atoms with Gasteiger partial charge in [0.25, 0.3) is 0 Å². The molecule has 3 unspecified atom stereocenters. The minimum atomic E-state index is -0.0863. The Morgan fingerprint density at radius 2 is 0.943 bits per heavy atom. The molecule has 0 saturated carbocycles. The molecule has 70 heavy (non-hydrogen) atoms. The Morgan fingerprint density at radius 3 is 1.27 bits per heavy atom. The van der Waals surface area contributed by atoms with Gasteiger partial charge in [0.15, 0.2) is 11.3 Å². The van der Waals surface area contributed by atoms with Crippen LogP contribution in [-0.4, -0.2) is 113 Å². The molecule has 2 aromatic carbocycles. The van der Waals surface area contributed by atoms with Crippen molar-refractivity contribution >= 4 is 105 Å². The van der Waals surface area contributed by atoms with E-state index in [0.29, 0.717) is 56.1 Å². The van der Waals surface area contributed by atoms with E-state index in [1.165, 1.54) is 51.6 Å². The summed E-state index contributed by atoms with van der Waals surface area (Å²) in [6, 6.07) is 13.8. The first-order chi connectivity index (χ1) is 31.7. The second-order valence-corrected chi connectivity index (χ2v) is 21.2. The summed E-state index contributed by atoms with van der Waals surface area (Å²) in [5, 5.41) is 12.1. The average Bonchev–Trinajstić information content (AvgIpc) is 4.08. The molecular formula is C52H74Cl6N12. The maximum Gasteiger partial charge on any atom is 0.179 e. The van der Waals surface area contributed by atoms with Crippen LogP contribution in [0.5, 0.6) is 0 Å². The molecule has 0 radical (unpaired) electrons. The highest BCUT2D eigenvalue weighted by Gasteiger charge is 2.37. The molecule has 6 aromatic rings. The first-order valence-electron chi connectivity index (χ1n) is 24.0. The number of rotatable bonds is 8. The summed E-state index contributed by atoms with van der Waals surface area (Å²) in [5.41, 5.74) is 6.94. The number of hydrogen-bond donors (Lipinski definition) is 0. The first-order valence-corrected chi connectivity index (χ1v) is 25.5. The lowest BCUT2D eigenvalue weighted by atomic mass is 9.92. The van der Waals surface area contributed by atoms with Crippen molar-refractivity contribution in [3.05, 3.63) is 91.4 Å². The maximum absolute atomic E-state index is 6.51. The molecule has 4 fully saturated rings. The summed E-state index contributed by atoms with van der Waals surface area (Å²) in [5.74, 6) is 3.04. The van der Waals surface area contributed by atoms with E-state index in [1.54, 1.807) is 12.1 Å². The number of fused-ring (bicyclic) bond motifs is 2. The molecule has 12 nitrogen and oxygen atoms in total. The Bertz CT molecular complexity index is 2510. The van der Waals surface area contributed by atoms with Crippen LogP contribution in [0.3, 0.4) is 0 Å². The second kappa shape index (κ2) is 24.2. The molecule has 0 amide bonds. The summed E-state index contributed by atoms with van der Waals surface area (Å²) in [4.78, 5) is 29.9. The van der Waals surface area contributed by atoms with Gasteiger partial charge in [-0.05, 0) is 140 Å². The van der Waals surface area contributed by atoms with Crippen molar-refractivity contribution in [1.29, 1.82) is 0 Å². The van der Waals surface area contributed by atoms with Gasteiger partial charge in [-0.15, -0.1) is 24.8 Å². The number of likely N-dealkylation sites (tertiary alicyclic amines) is 2. The van der Waals surface area contributed by atoms with Crippen molar-refractivity contribution in [2.75, 3.05) is 49.1 Å². The number of hydrogen-bond acceptors (Lipinski definition) is 10. The Morgan fingerprint density at radius 1 is 0.557 bits per heavy atom. The SMILES string of the molecule is C.C.Cc1nn([C@H](C)c2ccc(Cl)cc2Cl)c2nc(N3CCC(N4CCC[C@@H]4C)C(C)C3)cnc12.Cc1nn([C@H](C)c2ccc(Cl)cc2Cl)c2nc(N3CCC(N4CCC[C@@H]4C)[C@H](C)C3)cnc12.Cl.Cl. The number of aryl methyl sites for hydroxylation is 2. The van der Waals surface area contributed by atoms with Crippen LogP contribution in [0.25, 0.3) is 22.3 Å². The number of benzene rings is 2. The molecule has 8 atom stereocenters. The zero-order chi connectivity index (χ0) is 46.6. The predicted molar refractivity (Wildman–Crippen MR) is 299 cm³/mol. The number of piperidine rings is 2. The van der Waals surface area contributed by atoms with E-state index in [4.69, 9.17) is 76.5 Å². The molecule has 0 bridgehead atoms. The molecule has 4 saturated heterocycles. The van der Waals surface area contributed by atoms with Gasteiger partial charge in [0.2, 0.25) is 0 Å². The van der Waals surface area contributed by atoms with Crippen molar-refractivity contribution in [3.8, 4) is 0 Å². The maximum atomic E-state index is 6.51. The summed E-state index contributed by atoms with van der Waals surface area (Å²) in [7, 11) is 0. The number of halogens is 6. The lowest BCUT2D eigenvalue weighted by Crippen LogP contribution is -2.51. The van der Waals surface area contributed by atoms with Gasteiger partial charge >= 0.3 is 0 Å². The van der Waals surface area contributed by atoms with Gasteiger partial charge in [0, 0.05) is 70.4 Å². The highest BCUT2D eigenvalue weighted by molar-refractivity contribution is 6.35. The molecule has 0 aliphatic carbocycles. The van der Waals surface area contributed by atoms with E-state index in [1.807, 2.05) is 59.9 Å². The van der Waals surface area contributed by atoms with Gasteiger partial charge in [0.05, 0.1) is 35.9 Å². The van der Waals surface area contributed by atoms with Crippen molar-refractivity contribution in [2.24, 2.45) is 11.8 Å². The smallest absolute Gasteiger partial charge is 0.179 e. The zero-order valence-electron chi connectivity index (χ0n) is 40.4. The van der Waals surface area contributed by atoms with Gasteiger partial charge in [-0.3, -0.25) is 9.80 Å². The van der Waals surface area contributed by atoms with Crippen LogP contribution in [0.2, 0.25) is 20.1 Å². The van der Waals surface area contributed by atoms with Crippen LogP contribution in [0.1, 0.15) is 130 Å². The highest BCUT2D eigenvalue weighted by atomic mass is 35.5. The van der Waals surface area contributed by atoms with E-state index in [9.17, 15) is 0 Å². The fraction of sp³-hybridized carbons (Fsp3) is 0.577. The molecule has 8 heterocycles. The Balaban J connectivity index is 0.000000247. The predicted octanol–water partition coefficient (Wildman–Crippen LogP) is 13.6. The summed E-state index contributed by atoms with van der Waals surface area (Å²) < 4.78 is 3.89. The summed E-state index contributed by atoms with van der Waals surface area (Å²) in [6.07, 6.45) is 11.5. The Hall–Kier alpha value is -3.20. The van der Waals surface area contributed by atoms with E-state index in [2.05, 4.69) is 61.1 Å². The standard InChI is InChI=1S/2C25H32Cl2N6.2CH4.2ClH/c2*1-15-14-31(11-9-22(15)32-10-5-6-16(32)2)23-13-28-24-17(3)30-33(25(24)29-23)18(4)20-8-7-19(26)12-21(20)27;;;;/h2*7-8,12-13,15-16,18,22H,5-6,9-11,14H2,1-4H3;2*1H4;2*1H/t15?,16-,18+,22?;15-,16+,18-,22?;;;;/m01..../s1. The molecule has 4 aliphatic heterocycles. The van der Waals surface area contributed by atoms with Crippen LogP contribution >= 0.6 is 71.2 Å². The van der Waals surface area contributed by atoms with E-state index in [-0.39, 0.29) is 51.8 Å². The largest absolute Gasteiger partial charge is 0.355 e. The minimum Gasteiger partial charge on any atom is -0.355 e. The highest BCUT2D eigenvalue weighted by Crippen LogP contribution is 2.36. The molecule has 0 spiro atoms. The van der Waals surface area contributed by atoms with Gasteiger partial charge in [-0.1, -0.05) is 87.2 Å². The monoisotopic (exact) mass is 1080 g/mol. The van der Waals surface area contributed by atoms with Crippen LogP contribution in [-0.2, 0) is 0 Å². The quantitative estimate of drug-likeness (QED) is 0.146. The van der Waals surface area contributed by atoms with E-state index < -0.39 is 0 Å². The molecule has 0 N–H and O–H groups in total. The Labute approximate surface area is 449 Å². The van der Waals surface area contributed by atoms with Gasteiger partial charge in [0.1, 0.15) is 22.7 Å². The van der Waals surface area contributed by atoms with Gasteiger partial charge in [-0.25, -0.2) is 29.3 Å². The second-order valence-electron chi connectivity index (χ2n) is 19.6. The van der Waals surface area contributed by atoms with Gasteiger partial charge in [-0.2, -0.15) is 10.2 Å². The van der Waals surface area contributed by atoms with Crippen LogP contribution < -0.4 is 9.80 Å². The molecule has 4 aromatic heterocycles. The summed E-state index contributed by atoms with van der Waals surface area (Å²) >= 11 is 25.2. The van der Waals surface area contributed by atoms with Crippen molar-refractivity contribution < 1.29 is 0 Å². The van der Waals surface area contributed by atoms with Crippen molar-refractivity contribution in [1.82, 2.24) is 49.3 Å². The van der Waals surface area contributed by atoms with E-state index >= 15 is 0 Å². The normalized spacial score (nSPS) is 23.7. The van der Waals surface area contributed by atoms with Crippen LogP contribution in [0, 0.1) is 25.7 Å². The van der Waals surface area contributed by atoms with Crippen molar-refractivity contribution in [3.63, 3.8) is 0 Å². The molecular weight excluding hydrogens is 1010 g/mol. The number of anilines is 2. The third kappa shape index (κ3) is 11.6. The molecule has 4 aliphatic rings. The third-order valence-corrected chi connectivity index (χ3v) is 16.2. The van der Waals surface area contributed by atoms with Crippen molar-refractivity contribution in [2.45, 2.75) is 145 Å². The lowest BCUT2D eigenvalue weighted by molar-refractivity contribution is 0.122. The molecule has 10 rings (SSSR count). The lowest BCUT2D eigenvalue weighted by Gasteiger charge is -2.43. The fourth-order valence-corrected chi connectivity index (χ4v) is 12.6. The zero-order valence-corrected chi connectivity index (χ0v) is 45.1. The topological polar surface area (TPSA) is 100 Å². The molecule has 18 heteroatoms. The van der Waals surface area contributed by atoms with Crippen LogP contribution in [0.4, 0.5) is 11.6 Å². The first kappa shape index (κ1) is 57.7. The van der Waals surface area contributed by atoms with Crippen LogP contribution in [0.15, 0.2) is 48.8 Å². The third-order valence-electron chi connectivity index (χ3n) is 15.1. The average molecular weight is 1080 g/mol. The Kier molecular flexibility index (Phi) is 20.0. The minimum absolute atomic E-state index is 0. The van der Waals surface area contributed by atoms with Gasteiger partial charge < -0.3 is 9.80 Å². The summed E-state index contributed by atoms with van der Waals surface area (Å²) in [6.45, 7) is 24.1.